The summed E-state index contributed by atoms with van der Waals surface area (Å²) in [4.78, 5) is 27.2. The summed E-state index contributed by atoms with van der Waals surface area (Å²) >= 11 is 6.36. The molecule has 7 heteroatoms. The maximum atomic E-state index is 11.8. The second kappa shape index (κ2) is 7.25. The number of amides is 1. The number of benzene rings is 2. The van der Waals surface area contributed by atoms with Gasteiger partial charge in [0.25, 0.3) is 0 Å². The van der Waals surface area contributed by atoms with E-state index < -0.39 is 12.0 Å². The van der Waals surface area contributed by atoms with Crippen molar-refractivity contribution in [1.82, 2.24) is 10.3 Å². The zero-order valence-electron chi connectivity index (χ0n) is 14.7. The lowest BCUT2D eigenvalue weighted by Gasteiger charge is -2.22. The Hall–Kier alpha value is -3.12. The average molecular weight is 385 g/mol. The number of fused-ring (bicyclic) bond motifs is 1. The lowest BCUT2D eigenvalue weighted by Crippen LogP contribution is -2.27. The van der Waals surface area contributed by atoms with Crippen LogP contribution in [0.1, 0.15) is 40.0 Å². The summed E-state index contributed by atoms with van der Waals surface area (Å²) in [6.07, 6.45) is 1.54. The maximum Gasteiger partial charge on any atom is 0.335 e. The predicted octanol–water partition coefficient (Wildman–Crippen LogP) is 3.83. The summed E-state index contributed by atoms with van der Waals surface area (Å²) in [6, 6.07) is 9.07. The summed E-state index contributed by atoms with van der Waals surface area (Å²) in [5.41, 5.74) is 2.04. The first-order valence-electron chi connectivity index (χ1n) is 8.16. The van der Waals surface area contributed by atoms with E-state index in [4.69, 9.17) is 11.6 Å². The molecule has 0 radical (unpaired) electrons. The van der Waals surface area contributed by atoms with Gasteiger partial charge in [0.05, 0.1) is 16.6 Å². The number of carboxylic acid groups (broad SMARTS) is 1. The Morgan fingerprint density at radius 2 is 1.96 bits per heavy atom. The van der Waals surface area contributed by atoms with Crippen molar-refractivity contribution in [3.05, 3.63) is 69.9 Å². The van der Waals surface area contributed by atoms with Crippen molar-refractivity contribution in [1.29, 1.82) is 0 Å². The highest BCUT2D eigenvalue weighted by molar-refractivity contribution is 6.35. The summed E-state index contributed by atoms with van der Waals surface area (Å²) in [6.45, 7) is 3.04. The van der Waals surface area contributed by atoms with Crippen molar-refractivity contribution < 1.29 is 19.8 Å². The number of aromatic carboxylic acids is 1. The minimum atomic E-state index is -1.03. The number of nitrogens with one attached hydrogen (secondary N) is 1. The number of phenols is 1. The monoisotopic (exact) mass is 384 g/mol. The van der Waals surface area contributed by atoms with Crippen LogP contribution in [0.3, 0.4) is 0 Å². The number of hydrogen-bond acceptors (Lipinski definition) is 4. The Morgan fingerprint density at radius 3 is 2.59 bits per heavy atom. The van der Waals surface area contributed by atoms with Gasteiger partial charge in [-0.15, -0.1) is 0 Å². The molecule has 3 N–H and O–H groups in total. The molecule has 1 aromatic heterocycles. The molecule has 0 aliphatic rings. The van der Waals surface area contributed by atoms with Gasteiger partial charge in [0, 0.05) is 24.1 Å². The van der Waals surface area contributed by atoms with Gasteiger partial charge in [0.1, 0.15) is 11.3 Å². The van der Waals surface area contributed by atoms with E-state index in [1.165, 1.54) is 13.0 Å². The van der Waals surface area contributed by atoms with Crippen LogP contribution in [-0.4, -0.2) is 27.1 Å². The van der Waals surface area contributed by atoms with E-state index in [-0.39, 0.29) is 17.2 Å². The van der Waals surface area contributed by atoms with Crippen LogP contribution in [0, 0.1) is 6.92 Å². The SMILES string of the molecule is CC(=O)NC(c1ccc(C(=O)O)c(C)c1)c1cc(Cl)c2cccnc2c1O. The molecule has 1 amide bonds. The van der Waals surface area contributed by atoms with E-state index in [1.54, 1.807) is 43.5 Å². The highest BCUT2D eigenvalue weighted by Crippen LogP contribution is 2.38. The fourth-order valence-corrected chi connectivity index (χ4v) is 3.35. The Labute approximate surface area is 160 Å². The summed E-state index contributed by atoms with van der Waals surface area (Å²) < 4.78 is 0. The zero-order chi connectivity index (χ0) is 19.7. The first-order chi connectivity index (χ1) is 12.8. The topological polar surface area (TPSA) is 99.5 Å². The maximum absolute atomic E-state index is 11.8. The van der Waals surface area contributed by atoms with Gasteiger partial charge in [0.2, 0.25) is 5.91 Å². The molecule has 0 aliphatic heterocycles. The Morgan fingerprint density at radius 1 is 1.22 bits per heavy atom. The molecule has 0 bridgehead atoms. The third-order valence-corrected chi connectivity index (χ3v) is 4.63. The van der Waals surface area contributed by atoms with E-state index in [2.05, 4.69) is 10.3 Å². The Balaban J connectivity index is 2.21. The van der Waals surface area contributed by atoms with E-state index in [0.717, 1.165) is 0 Å². The summed E-state index contributed by atoms with van der Waals surface area (Å²) in [5.74, 6) is -1.43. The molecule has 138 valence electrons. The van der Waals surface area contributed by atoms with Crippen molar-refractivity contribution in [2.45, 2.75) is 19.9 Å². The van der Waals surface area contributed by atoms with Crippen LogP contribution < -0.4 is 5.32 Å². The number of aromatic nitrogens is 1. The number of phenolic OH excluding ortho intramolecular Hbond substituents is 1. The van der Waals surface area contributed by atoms with E-state index >= 15 is 0 Å². The zero-order valence-corrected chi connectivity index (χ0v) is 15.4. The van der Waals surface area contributed by atoms with E-state index in [0.29, 0.717) is 32.6 Å². The number of aryl methyl sites for hydroxylation is 1. The number of rotatable bonds is 4. The predicted molar refractivity (Wildman–Crippen MR) is 102 cm³/mol. The normalized spacial score (nSPS) is 12.0. The largest absolute Gasteiger partial charge is 0.505 e. The van der Waals surface area contributed by atoms with Crippen LogP contribution in [-0.2, 0) is 4.79 Å². The molecular weight excluding hydrogens is 368 g/mol. The molecule has 1 heterocycles. The molecule has 3 aromatic rings. The van der Waals surface area contributed by atoms with Gasteiger partial charge in [-0.2, -0.15) is 0 Å². The van der Waals surface area contributed by atoms with Crippen LogP contribution in [0.4, 0.5) is 0 Å². The second-order valence-electron chi connectivity index (χ2n) is 6.21. The summed E-state index contributed by atoms with van der Waals surface area (Å²) in [5, 5.41) is 23.8. The molecule has 1 unspecified atom stereocenters. The number of carbonyl (C=O) groups is 2. The van der Waals surface area contributed by atoms with Gasteiger partial charge in [0.15, 0.2) is 0 Å². The van der Waals surface area contributed by atoms with Crippen molar-refractivity contribution in [3.8, 4) is 5.75 Å². The van der Waals surface area contributed by atoms with Crippen LogP contribution in [0.15, 0.2) is 42.6 Å². The summed E-state index contributed by atoms with van der Waals surface area (Å²) in [7, 11) is 0. The molecule has 0 saturated heterocycles. The number of nitrogens with zero attached hydrogens (tertiary/aromatic N) is 1. The standard InChI is InChI=1S/C20H17ClN2O4/c1-10-8-12(5-6-13(10)20(26)27)17(23-11(2)24)15-9-16(21)14-4-3-7-22-18(14)19(15)25/h3-9,17,25H,1-2H3,(H,23,24)(H,26,27). The highest BCUT2D eigenvalue weighted by Gasteiger charge is 2.23. The van der Waals surface area contributed by atoms with Crippen LogP contribution in [0.25, 0.3) is 10.9 Å². The van der Waals surface area contributed by atoms with Crippen molar-refractivity contribution in [2.75, 3.05) is 0 Å². The van der Waals surface area contributed by atoms with Crippen LogP contribution in [0.2, 0.25) is 5.02 Å². The molecule has 2 aromatic carbocycles. The lowest BCUT2D eigenvalue weighted by molar-refractivity contribution is -0.119. The Kier molecular flexibility index (Phi) is 5.01. The number of pyridine rings is 1. The van der Waals surface area contributed by atoms with Gasteiger partial charge in [-0.25, -0.2) is 4.79 Å². The van der Waals surface area contributed by atoms with Crippen molar-refractivity contribution in [3.63, 3.8) is 0 Å². The van der Waals surface area contributed by atoms with Gasteiger partial charge in [-0.1, -0.05) is 23.7 Å². The molecule has 0 spiro atoms. The molecule has 0 aliphatic carbocycles. The lowest BCUT2D eigenvalue weighted by atomic mass is 9.93. The average Bonchev–Trinajstić information content (AvgIpc) is 2.62. The second-order valence-corrected chi connectivity index (χ2v) is 6.62. The van der Waals surface area contributed by atoms with Crippen molar-refractivity contribution >= 4 is 34.4 Å². The van der Waals surface area contributed by atoms with Gasteiger partial charge in [-0.3, -0.25) is 9.78 Å². The van der Waals surface area contributed by atoms with Crippen LogP contribution in [0.5, 0.6) is 5.75 Å². The smallest absolute Gasteiger partial charge is 0.335 e. The number of carboxylic acids is 1. The van der Waals surface area contributed by atoms with E-state index in [9.17, 15) is 19.8 Å². The van der Waals surface area contributed by atoms with Gasteiger partial charge in [-0.05, 0) is 42.3 Å². The number of aromatic hydroxyl groups is 1. The number of carbonyl (C=O) groups excluding carboxylic acids is 1. The minimum absolute atomic E-state index is 0.0892. The molecule has 3 rings (SSSR count). The minimum Gasteiger partial charge on any atom is -0.505 e. The third kappa shape index (κ3) is 3.57. The fourth-order valence-electron chi connectivity index (χ4n) is 3.08. The first kappa shape index (κ1) is 18.7. The molecular formula is C20H17ClN2O4. The highest BCUT2D eigenvalue weighted by atomic mass is 35.5. The van der Waals surface area contributed by atoms with Crippen molar-refractivity contribution in [2.24, 2.45) is 0 Å². The van der Waals surface area contributed by atoms with Gasteiger partial charge >= 0.3 is 5.97 Å². The molecule has 27 heavy (non-hydrogen) atoms. The third-order valence-electron chi connectivity index (χ3n) is 4.32. The molecule has 0 saturated carbocycles. The Bertz CT molecular complexity index is 1070. The molecule has 6 nitrogen and oxygen atoms in total. The number of hydrogen-bond donors (Lipinski definition) is 3. The van der Waals surface area contributed by atoms with Gasteiger partial charge < -0.3 is 15.5 Å². The molecule has 0 fully saturated rings. The quantitative estimate of drug-likeness (QED) is 0.634. The van der Waals surface area contributed by atoms with E-state index in [1.807, 2.05) is 0 Å². The molecule has 1 atom stereocenters. The first-order valence-corrected chi connectivity index (χ1v) is 8.54. The fraction of sp³-hybridized carbons (Fsp3) is 0.150. The number of halogens is 1. The van der Waals surface area contributed by atoms with Crippen LogP contribution >= 0.6 is 11.6 Å².